The topological polar surface area (TPSA) is 85.3 Å². The van der Waals surface area contributed by atoms with Crippen molar-refractivity contribution in [1.29, 1.82) is 5.26 Å². The number of rotatable bonds is 2. The molecule has 1 unspecified atom stereocenters. The number of nitrogens with zero attached hydrogens (tertiary/aromatic N) is 1. The zero-order valence-corrected chi connectivity index (χ0v) is 14.9. The van der Waals surface area contributed by atoms with Crippen LogP contribution in [0, 0.1) is 11.3 Å². The SMILES string of the molecule is COC(=O)c1ccc(C2C(C#N)=C(N)OC3=C2CCc2ccccc23)cc1. The monoisotopic (exact) mass is 358 g/mol. The number of ether oxygens (including phenoxy) is 2. The van der Waals surface area contributed by atoms with E-state index in [1.54, 1.807) is 12.1 Å². The molecule has 1 aliphatic carbocycles. The van der Waals surface area contributed by atoms with Gasteiger partial charge in [-0.1, -0.05) is 36.4 Å². The first-order valence-electron chi connectivity index (χ1n) is 8.71. The molecular weight excluding hydrogens is 340 g/mol. The van der Waals surface area contributed by atoms with Crippen LogP contribution in [0.4, 0.5) is 0 Å². The Bertz CT molecular complexity index is 1030. The zero-order valence-electron chi connectivity index (χ0n) is 14.9. The van der Waals surface area contributed by atoms with Crippen LogP contribution in [0.2, 0.25) is 0 Å². The summed E-state index contributed by atoms with van der Waals surface area (Å²) in [5.41, 5.74) is 11.2. The first-order chi connectivity index (χ1) is 13.1. The molecule has 0 spiro atoms. The number of carbonyl (C=O) groups excluding carboxylic acids is 1. The first kappa shape index (κ1) is 16.9. The van der Waals surface area contributed by atoms with Crippen LogP contribution in [-0.4, -0.2) is 13.1 Å². The molecule has 0 saturated heterocycles. The molecule has 5 heteroatoms. The Morgan fingerprint density at radius 2 is 1.93 bits per heavy atom. The molecule has 5 nitrogen and oxygen atoms in total. The zero-order chi connectivity index (χ0) is 19.0. The summed E-state index contributed by atoms with van der Waals surface area (Å²) in [6.45, 7) is 0. The lowest BCUT2D eigenvalue weighted by molar-refractivity contribution is 0.0600. The van der Waals surface area contributed by atoms with E-state index in [9.17, 15) is 10.1 Å². The number of benzene rings is 2. The van der Waals surface area contributed by atoms with Crippen LogP contribution in [0.25, 0.3) is 5.76 Å². The number of nitriles is 1. The fourth-order valence-corrected chi connectivity index (χ4v) is 3.81. The summed E-state index contributed by atoms with van der Waals surface area (Å²) in [6, 6.07) is 17.4. The molecule has 1 atom stereocenters. The summed E-state index contributed by atoms with van der Waals surface area (Å²) in [5.74, 6) is 0.208. The highest BCUT2D eigenvalue weighted by Crippen LogP contribution is 2.46. The Labute approximate surface area is 157 Å². The number of fused-ring (bicyclic) bond motifs is 2. The summed E-state index contributed by atoms with van der Waals surface area (Å²) in [7, 11) is 1.35. The van der Waals surface area contributed by atoms with E-state index in [-0.39, 0.29) is 11.8 Å². The second kappa shape index (κ2) is 6.65. The first-order valence-corrected chi connectivity index (χ1v) is 8.71. The Kier molecular flexibility index (Phi) is 4.17. The summed E-state index contributed by atoms with van der Waals surface area (Å²) in [6.07, 6.45) is 1.67. The standard InChI is InChI=1S/C22H18N2O3/c1-26-22(25)15-8-6-14(7-9-15)19-17-11-10-13-4-2-3-5-16(13)20(17)27-21(24)18(19)12-23/h2-9,19H,10-11,24H2,1H3. The quantitative estimate of drug-likeness (QED) is 0.829. The Hall–Kier alpha value is -3.52. The number of allylic oxidation sites excluding steroid dienone is 2. The number of carbonyl (C=O) groups is 1. The second-order valence-electron chi connectivity index (χ2n) is 6.55. The maximum atomic E-state index is 11.7. The average molecular weight is 358 g/mol. The molecule has 0 saturated carbocycles. The van der Waals surface area contributed by atoms with E-state index in [0.29, 0.717) is 11.1 Å². The maximum Gasteiger partial charge on any atom is 0.337 e. The van der Waals surface area contributed by atoms with Crippen molar-refractivity contribution >= 4 is 11.7 Å². The van der Waals surface area contributed by atoms with E-state index in [4.69, 9.17) is 15.2 Å². The van der Waals surface area contributed by atoms with Gasteiger partial charge in [-0.15, -0.1) is 0 Å². The van der Waals surface area contributed by atoms with Gasteiger partial charge in [-0.2, -0.15) is 5.26 Å². The van der Waals surface area contributed by atoms with Gasteiger partial charge >= 0.3 is 5.97 Å². The third-order valence-corrected chi connectivity index (χ3v) is 5.12. The van der Waals surface area contributed by atoms with Crippen molar-refractivity contribution in [2.24, 2.45) is 5.73 Å². The van der Waals surface area contributed by atoms with Crippen LogP contribution in [0.15, 0.2) is 65.6 Å². The summed E-state index contributed by atoms with van der Waals surface area (Å²) >= 11 is 0. The van der Waals surface area contributed by atoms with Crippen molar-refractivity contribution in [1.82, 2.24) is 0 Å². The molecule has 1 aliphatic heterocycles. The number of esters is 1. The molecule has 1 heterocycles. The molecule has 2 aliphatic rings. The van der Waals surface area contributed by atoms with Crippen molar-refractivity contribution in [2.75, 3.05) is 7.11 Å². The molecule has 134 valence electrons. The van der Waals surface area contributed by atoms with E-state index in [2.05, 4.69) is 12.1 Å². The minimum atomic E-state index is -0.393. The van der Waals surface area contributed by atoms with Crippen molar-refractivity contribution in [3.05, 3.63) is 87.8 Å². The summed E-state index contributed by atoms with van der Waals surface area (Å²) in [4.78, 5) is 11.7. The highest BCUT2D eigenvalue weighted by molar-refractivity contribution is 5.89. The molecule has 0 amide bonds. The van der Waals surface area contributed by atoms with Crippen LogP contribution in [0.1, 0.15) is 39.4 Å². The third kappa shape index (κ3) is 2.76. The van der Waals surface area contributed by atoms with Crippen LogP contribution >= 0.6 is 0 Å². The van der Waals surface area contributed by atoms with E-state index in [0.717, 1.165) is 35.3 Å². The average Bonchev–Trinajstić information content (AvgIpc) is 2.72. The van der Waals surface area contributed by atoms with Gasteiger partial charge in [0.25, 0.3) is 0 Å². The van der Waals surface area contributed by atoms with Gasteiger partial charge in [0.2, 0.25) is 5.88 Å². The Balaban J connectivity index is 1.84. The number of nitrogens with two attached hydrogens (primary N) is 1. The highest BCUT2D eigenvalue weighted by Gasteiger charge is 2.35. The normalized spacial score (nSPS) is 18.1. The molecule has 0 bridgehead atoms. The predicted molar refractivity (Wildman–Crippen MR) is 100 cm³/mol. The molecule has 2 N–H and O–H groups in total. The fourth-order valence-electron chi connectivity index (χ4n) is 3.81. The fraction of sp³-hybridized carbons (Fsp3) is 0.182. The van der Waals surface area contributed by atoms with Gasteiger partial charge in [0.1, 0.15) is 17.4 Å². The summed E-state index contributed by atoms with van der Waals surface area (Å²) < 4.78 is 10.6. The summed E-state index contributed by atoms with van der Waals surface area (Å²) in [5, 5.41) is 9.70. The van der Waals surface area contributed by atoms with Crippen LogP contribution < -0.4 is 5.73 Å². The van der Waals surface area contributed by atoms with E-state index < -0.39 is 5.97 Å². The maximum absolute atomic E-state index is 11.7. The van der Waals surface area contributed by atoms with Crippen molar-refractivity contribution < 1.29 is 14.3 Å². The van der Waals surface area contributed by atoms with Gasteiger partial charge in [-0.05, 0) is 41.7 Å². The smallest absolute Gasteiger partial charge is 0.337 e. The van der Waals surface area contributed by atoms with Crippen molar-refractivity contribution in [2.45, 2.75) is 18.8 Å². The van der Waals surface area contributed by atoms with Gasteiger partial charge in [0.15, 0.2) is 0 Å². The molecular formula is C22H18N2O3. The highest BCUT2D eigenvalue weighted by atomic mass is 16.5. The lowest BCUT2D eigenvalue weighted by Crippen LogP contribution is -2.23. The molecule has 2 aromatic carbocycles. The van der Waals surface area contributed by atoms with Gasteiger partial charge in [-0.25, -0.2) is 4.79 Å². The Morgan fingerprint density at radius 1 is 1.19 bits per heavy atom. The molecule has 4 rings (SSSR count). The largest absolute Gasteiger partial charge is 0.465 e. The number of aryl methyl sites for hydroxylation is 1. The van der Waals surface area contributed by atoms with Crippen molar-refractivity contribution in [3.63, 3.8) is 0 Å². The number of methoxy groups -OCH3 is 1. The lowest BCUT2D eigenvalue weighted by atomic mass is 9.76. The van der Waals surface area contributed by atoms with E-state index >= 15 is 0 Å². The minimum Gasteiger partial charge on any atom is -0.465 e. The minimum absolute atomic E-state index is 0.134. The molecule has 0 radical (unpaired) electrons. The molecule has 2 aromatic rings. The predicted octanol–water partition coefficient (Wildman–Crippen LogP) is 3.64. The van der Waals surface area contributed by atoms with E-state index in [1.807, 2.05) is 30.3 Å². The third-order valence-electron chi connectivity index (χ3n) is 5.12. The lowest BCUT2D eigenvalue weighted by Gasteiger charge is -2.33. The number of hydrogen-bond acceptors (Lipinski definition) is 5. The molecule has 0 aromatic heterocycles. The molecule has 27 heavy (non-hydrogen) atoms. The van der Waals surface area contributed by atoms with Crippen LogP contribution in [0.3, 0.4) is 0 Å². The van der Waals surface area contributed by atoms with Gasteiger partial charge in [0.05, 0.1) is 12.7 Å². The Morgan fingerprint density at radius 3 is 2.63 bits per heavy atom. The van der Waals surface area contributed by atoms with Crippen LogP contribution in [0.5, 0.6) is 0 Å². The van der Waals surface area contributed by atoms with Gasteiger partial charge in [-0.3, -0.25) is 0 Å². The van der Waals surface area contributed by atoms with Gasteiger partial charge in [0, 0.05) is 11.5 Å². The van der Waals surface area contributed by atoms with E-state index in [1.165, 1.54) is 12.7 Å². The van der Waals surface area contributed by atoms with Crippen molar-refractivity contribution in [3.8, 4) is 6.07 Å². The van der Waals surface area contributed by atoms with Crippen LogP contribution in [-0.2, 0) is 15.9 Å². The van der Waals surface area contributed by atoms with Gasteiger partial charge < -0.3 is 15.2 Å². The number of hydrogen-bond donors (Lipinski definition) is 1. The molecule has 0 fully saturated rings. The second-order valence-corrected chi connectivity index (χ2v) is 6.55.